The van der Waals surface area contributed by atoms with Crippen LogP contribution in [0.1, 0.15) is 40.9 Å². The van der Waals surface area contributed by atoms with Crippen LogP contribution in [0.15, 0.2) is 48.5 Å². The molecule has 5 nitrogen and oxygen atoms in total. The molecule has 0 aliphatic rings. The van der Waals surface area contributed by atoms with Crippen molar-refractivity contribution < 1.29 is 13.2 Å². The van der Waals surface area contributed by atoms with E-state index >= 15 is 0 Å². The fourth-order valence-electron chi connectivity index (χ4n) is 2.58. The minimum Gasteiger partial charge on any atom is -0.332 e. The summed E-state index contributed by atoms with van der Waals surface area (Å²) in [5, 5.41) is 8.88. The minimum atomic E-state index is -3.10. The standard InChI is InChI=1S/C20H22N2O3S/c1-15(2)22(13-17-6-4-16(12-21)5-7-17)20(23)19-10-8-18(9-11-19)14-26(3,24)25/h4-11,15H,13-14H2,1-3H3. The lowest BCUT2D eigenvalue weighted by Gasteiger charge is -2.27. The molecule has 6 heteroatoms. The highest BCUT2D eigenvalue weighted by Gasteiger charge is 2.19. The van der Waals surface area contributed by atoms with Gasteiger partial charge in [-0.25, -0.2) is 8.42 Å². The highest BCUT2D eigenvalue weighted by Crippen LogP contribution is 2.15. The van der Waals surface area contributed by atoms with Crippen LogP contribution in [0.5, 0.6) is 0 Å². The first-order chi connectivity index (χ1) is 12.2. The zero-order chi connectivity index (χ0) is 19.3. The minimum absolute atomic E-state index is 0.00570. The number of carbonyl (C=O) groups excluding carboxylic acids is 1. The average Bonchev–Trinajstić information content (AvgIpc) is 2.58. The monoisotopic (exact) mass is 370 g/mol. The summed E-state index contributed by atoms with van der Waals surface area (Å²) in [4.78, 5) is 14.6. The molecule has 0 aromatic heterocycles. The van der Waals surface area contributed by atoms with Gasteiger partial charge in [-0.15, -0.1) is 0 Å². The van der Waals surface area contributed by atoms with Gasteiger partial charge < -0.3 is 4.90 Å². The fraction of sp³-hybridized carbons (Fsp3) is 0.300. The molecule has 0 radical (unpaired) electrons. The molecule has 2 aromatic carbocycles. The lowest BCUT2D eigenvalue weighted by molar-refractivity contribution is 0.0690. The Morgan fingerprint density at radius 1 is 1.04 bits per heavy atom. The number of hydrogen-bond acceptors (Lipinski definition) is 4. The van der Waals surface area contributed by atoms with Crippen LogP contribution in [0.4, 0.5) is 0 Å². The summed E-state index contributed by atoms with van der Waals surface area (Å²) in [6.07, 6.45) is 1.18. The molecule has 0 unspecified atom stereocenters. The quantitative estimate of drug-likeness (QED) is 0.782. The molecule has 0 atom stereocenters. The van der Waals surface area contributed by atoms with Crippen LogP contribution in [-0.2, 0) is 22.1 Å². The van der Waals surface area contributed by atoms with Crippen LogP contribution in [0.2, 0.25) is 0 Å². The summed E-state index contributed by atoms with van der Waals surface area (Å²) in [5.74, 6) is -0.157. The number of carbonyl (C=O) groups is 1. The van der Waals surface area contributed by atoms with Crippen molar-refractivity contribution in [3.05, 3.63) is 70.8 Å². The average molecular weight is 370 g/mol. The number of rotatable bonds is 6. The smallest absolute Gasteiger partial charge is 0.254 e. The zero-order valence-corrected chi connectivity index (χ0v) is 16.0. The van der Waals surface area contributed by atoms with Gasteiger partial charge in [0, 0.05) is 24.4 Å². The number of sulfone groups is 1. The first-order valence-electron chi connectivity index (χ1n) is 8.26. The molecule has 0 fully saturated rings. The maximum absolute atomic E-state index is 12.9. The molecule has 0 aliphatic heterocycles. The van der Waals surface area contributed by atoms with Crippen molar-refractivity contribution in [3.63, 3.8) is 0 Å². The largest absolute Gasteiger partial charge is 0.332 e. The van der Waals surface area contributed by atoms with Crippen LogP contribution < -0.4 is 0 Å². The van der Waals surface area contributed by atoms with Crippen LogP contribution in [0.3, 0.4) is 0 Å². The van der Waals surface area contributed by atoms with E-state index in [2.05, 4.69) is 6.07 Å². The Kier molecular flexibility index (Phi) is 6.17. The number of hydrogen-bond donors (Lipinski definition) is 0. The Bertz CT molecular complexity index is 909. The van der Waals surface area contributed by atoms with E-state index in [0.717, 1.165) is 5.56 Å². The molecule has 0 spiro atoms. The Hall–Kier alpha value is -2.65. The predicted octanol–water partition coefficient (Wildman–Crippen LogP) is 3.15. The Morgan fingerprint density at radius 2 is 1.58 bits per heavy atom. The van der Waals surface area contributed by atoms with Crippen molar-refractivity contribution in [2.45, 2.75) is 32.2 Å². The molecule has 0 heterocycles. The molecule has 0 saturated heterocycles. The van der Waals surface area contributed by atoms with E-state index in [1.54, 1.807) is 41.3 Å². The second-order valence-corrected chi connectivity index (χ2v) is 8.74. The van der Waals surface area contributed by atoms with E-state index in [-0.39, 0.29) is 17.7 Å². The highest BCUT2D eigenvalue weighted by molar-refractivity contribution is 7.89. The molecule has 0 bridgehead atoms. The summed E-state index contributed by atoms with van der Waals surface area (Å²) in [6, 6.07) is 15.9. The van der Waals surface area contributed by atoms with Crippen molar-refractivity contribution >= 4 is 15.7 Å². The normalized spacial score (nSPS) is 11.2. The third-order valence-corrected chi connectivity index (χ3v) is 4.81. The molecule has 136 valence electrons. The maximum atomic E-state index is 12.9. The second kappa shape index (κ2) is 8.15. The summed E-state index contributed by atoms with van der Waals surface area (Å²) < 4.78 is 22.7. The summed E-state index contributed by atoms with van der Waals surface area (Å²) in [6.45, 7) is 4.33. The number of nitriles is 1. The summed E-state index contributed by atoms with van der Waals surface area (Å²) in [5.41, 5.74) is 2.70. The van der Waals surface area contributed by atoms with Gasteiger partial charge in [0.25, 0.3) is 5.91 Å². The molecule has 26 heavy (non-hydrogen) atoms. The lowest BCUT2D eigenvalue weighted by atomic mass is 10.1. The highest BCUT2D eigenvalue weighted by atomic mass is 32.2. The van der Waals surface area contributed by atoms with Gasteiger partial charge in [-0.3, -0.25) is 4.79 Å². The maximum Gasteiger partial charge on any atom is 0.254 e. The van der Waals surface area contributed by atoms with Gasteiger partial charge in [0.15, 0.2) is 9.84 Å². The van der Waals surface area contributed by atoms with Crippen molar-refractivity contribution in [1.82, 2.24) is 4.90 Å². The molecule has 2 rings (SSSR count). The van der Waals surface area contributed by atoms with Crippen LogP contribution in [-0.4, -0.2) is 31.5 Å². The van der Waals surface area contributed by atoms with Crippen molar-refractivity contribution in [2.75, 3.05) is 6.26 Å². The molecule has 0 N–H and O–H groups in total. The Morgan fingerprint density at radius 3 is 2.04 bits per heavy atom. The van der Waals surface area contributed by atoms with E-state index in [1.807, 2.05) is 26.0 Å². The molecular weight excluding hydrogens is 348 g/mol. The van der Waals surface area contributed by atoms with Gasteiger partial charge in [0.2, 0.25) is 0 Å². The van der Waals surface area contributed by atoms with Gasteiger partial charge in [-0.2, -0.15) is 5.26 Å². The topological polar surface area (TPSA) is 78.2 Å². The van der Waals surface area contributed by atoms with E-state index < -0.39 is 9.84 Å². The van der Waals surface area contributed by atoms with E-state index in [4.69, 9.17) is 5.26 Å². The molecule has 0 aliphatic carbocycles. The number of benzene rings is 2. The third-order valence-electron chi connectivity index (χ3n) is 3.95. The van der Waals surface area contributed by atoms with E-state index in [9.17, 15) is 13.2 Å². The van der Waals surface area contributed by atoms with Crippen molar-refractivity contribution in [1.29, 1.82) is 5.26 Å². The SMILES string of the molecule is CC(C)N(Cc1ccc(C#N)cc1)C(=O)c1ccc(CS(C)(=O)=O)cc1. The van der Waals surface area contributed by atoms with Crippen LogP contribution >= 0.6 is 0 Å². The van der Waals surface area contributed by atoms with Crippen molar-refractivity contribution in [2.24, 2.45) is 0 Å². The first-order valence-corrected chi connectivity index (χ1v) is 10.3. The van der Waals surface area contributed by atoms with Crippen LogP contribution in [0.25, 0.3) is 0 Å². The van der Waals surface area contributed by atoms with Gasteiger partial charge in [0.1, 0.15) is 0 Å². The molecular formula is C20H22N2O3S. The first kappa shape index (κ1) is 19.7. The fourth-order valence-corrected chi connectivity index (χ4v) is 3.38. The Balaban J connectivity index is 2.18. The molecule has 0 saturated carbocycles. The van der Waals surface area contributed by atoms with Gasteiger partial charge in [0.05, 0.1) is 17.4 Å². The third kappa shape index (κ3) is 5.43. The van der Waals surface area contributed by atoms with Gasteiger partial charge in [-0.05, 0) is 49.2 Å². The van der Waals surface area contributed by atoms with Crippen molar-refractivity contribution in [3.8, 4) is 6.07 Å². The van der Waals surface area contributed by atoms with E-state index in [0.29, 0.717) is 23.2 Å². The summed E-state index contributed by atoms with van der Waals surface area (Å²) in [7, 11) is -3.10. The molecule has 2 aromatic rings. The second-order valence-electron chi connectivity index (χ2n) is 6.60. The zero-order valence-electron chi connectivity index (χ0n) is 15.1. The van der Waals surface area contributed by atoms with Gasteiger partial charge >= 0.3 is 0 Å². The number of nitrogens with zero attached hydrogens (tertiary/aromatic N) is 2. The summed E-state index contributed by atoms with van der Waals surface area (Å²) >= 11 is 0. The molecule has 1 amide bonds. The van der Waals surface area contributed by atoms with Gasteiger partial charge in [-0.1, -0.05) is 24.3 Å². The lowest BCUT2D eigenvalue weighted by Crippen LogP contribution is -2.36. The Labute approximate surface area is 154 Å². The van der Waals surface area contributed by atoms with Crippen LogP contribution in [0, 0.1) is 11.3 Å². The predicted molar refractivity (Wildman–Crippen MR) is 101 cm³/mol. The van der Waals surface area contributed by atoms with E-state index in [1.165, 1.54) is 6.26 Å². The number of amides is 1.